The molecule has 3 aromatic rings. The van der Waals surface area contributed by atoms with Crippen LogP contribution in [0.4, 0.5) is 10.1 Å². The maximum absolute atomic E-state index is 12.9. The Labute approximate surface area is 149 Å². The van der Waals surface area contributed by atoms with Crippen LogP contribution < -0.4 is 10.1 Å². The summed E-state index contributed by atoms with van der Waals surface area (Å²) in [5.41, 5.74) is 1.68. The zero-order valence-corrected chi connectivity index (χ0v) is 13.8. The van der Waals surface area contributed by atoms with E-state index in [0.717, 1.165) is 5.56 Å². The van der Waals surface area contributed by atoms with Crippen LogP contribution in [-0.4, -0.2) is 10.9 Å². The van der Waals surface area contributed by atoms with Gasteiger partial charge in [-0.05, 0) is 48.0 Å². The molecule has 0 saturated carbocycles. The predicted octanol–water partition coefficient (Wildman–Crippen LogP) is 4.71. The Kier molecular flexibility index (Phi) is 5.26. The monoisotopic (exact) mass is 356 g/mol. The first-order valence-corrected chi connectivity index (χ1v) is 7.89. The summed E-state index contributed by atoms with van der Waals surface area (Å²) in [6.45, 7) is 0.264. The summed E-state index contributed by atoms with van der Waals surface area (Å²) in [6, 6.07) is 16.1. The number of anilines is 1. The van der Waals surface area contributed by atoms with Crippen molar-refractivity contribution in [2.45, 2.75) is 6.61 Å². The summed E-state index contributed by atoms with van der Waals surface area (Å²) in [7, 11) is 0. The fourth-order valence-electron chi connectivity index (χ4n) is 2.13. The van der Waals surface area contributed by atoms with Gasteiger partial charge in [-0.25, -0.2) is 4.39 Å². The second-order valence-electron chi connectivity index (χ2n) is 5.23. The first-order chi connectivity index (χ1) is 12.1. The van der Waals surface area contributed by atoms with E-state index in [0.29, 0.717) is 22.2 Å². The lowest BCUT2D eigenvalue weighted by Crippen LogP contribution is -2.13. The number of carbonyl (C=O) groups is 1. The van der Waals surface area contributed by atoms with Gasteiger partial charge in [0.25, 0.3) is 5.91 Å². The lowest BCUT2D eigenvalue weighted by molar-refractivity contribution is 0.102. The van der Waals surface area contributed by atoms with Gasteiger partial charge in [0.2, 0.25) is 0 Å². The minimum absolute atomic E-state index is 0.264. The van der Waals surface area contributed by atoms with Crippen molar-refractivity contribution in [2.24, 2.45) is 0 Å². The molecule has 0 aliphatic carbocycles. The minimum Gasteiger partial charge on any atom is -0.487 e. The van der Waals surface area contributed by atoms with Crippen LogP contribution in [0.5, 0.6) is 5.75 Å². The number of carbonyl (C=O) groups excluding carboxylic acids is 1. The third kappa shape index (κ3) is 4.55. The quantitative estimate of drug-likeness (QED) is 0.720. The van der Waals surface area contributed by atoms with Crippen molar-refractivity contribution in [1.82, 2.24) is 4.98 Å². The highest BCUT2D eigenvalue weighted by Gasteiger charge is 2.09. The molecule has 0 aliphatic heterocycles. The second-order valence-corrected chi connectivity index (χ2v) is 5.64. The fourth-order valence-corrected chi connectivity index (χ4v) is 2.36. The number of hydrogen-bond acceptors (Lipinski definition) is 3. The van der Waals surface area contributed by atoms with Crippen molar-refractivity contribution in [3.63, 3.8) is 0 Å². The molecule has 126 valence electrons. The largest absolute Gasteiger partial charge is 0.487 e. The highest BCUT2D eigenvalue weighted by Crippen LogP contribution is 2.28. The first-order valence-electron chi connectivity index (χ1n) is 7.51. The summed E-state index contributed by atoms with van der Waals surface area (Å²) in [6.07, 6.45) is 1.55. The average molecular weight is 357 g/mol. The Morgan fingerprint density at radius 1 is 1.12 bits per heavy atom. The van der Waals surface area contributed by atoms with Crippen LogP contribution in [0.25, 0.3) is 0 Å². The molecular weight excluding hydrogens is 343 g/mol. The average Bonchev–Trinajstić information content (AvgIpc) is 2.63. The van der Waals surface area contributed by atoms with Crippen molar-refractivity contribution >= 4 is 23.2 Å². The third-order valence-electron chi connectivity index (χ3n) is 3.39. The summed E-state index contributed by atoms with van der Waals surface area (Å²) in [5.74, 6) is -0.145. The lowest BCUT2D eigenvalue weighted by atomic mass is 10.2. The normalized spacial score (nSPS) is 10.3. The molecule has 0 unspecified atom stereocenters. The Hall–Kier alpha value is -2.92. The number of nitrogens with zero attached hydrogens (tertiary/aromatic N) is 1. The van der Waals surface area contributed by atoms with Crippen molar-refractivity contribution in [1.29, 1.82) is 0 Å². The molecule has 0 spiro atoms. The molecule has 0 atom stereocenters. The molecule has 6 heteroatoms. The van der Waals surface area contributed by atoms with E-state index in [9.17, 15) is 9.18 Å². The van der Waals surface area contributed by atoms with Crippen LogP contribution in [0, 0.1) is 5.82 Å². The Bertz CT molecular complexity index is 870. The van der Waals surface area contributed by atoms with E-state index < -0.39 is 0 Å². The van der Waals surface area contributed by atoms with Crippen LogP contribution in [0.2, 0.25) is 5.02 Å². The molecule has 0 bridgehead atoms. The Balaban J connectivity index is 1.64. The standard InChI is InChI=1S/C19H14ClFN2O2/c20-16-11-15(23-19(24)17-3-1-2-10-22-17)8-9-18(16)25-12-13-4-6-14(21)7-5-13/h1-11H,12H2,(H,23,24). The van der Waals surface area contributed by atoms with Crippen LogP contribution in [0.1, 0.15) is 16.1 Å². The number of pyridine rings is 1. The highest BCUT2D eigenvalue weighted by atomic mass is 35.5. The van der Waals surface area contributed by atoms with Crippen molar-refractivity contribution in [3.05, 3.63) is 89.0 Å². The molecule has 1 amide bonds. The molecule has 0 saturated heterocycles. The topological polar surface area (TPSA) is 51.2 Å². The van der Waals surface area contributed by atoms with E-state index >= 15 is 0 Å². The molecule has 0 radical (unpaired) electrons. The Morgan fingerprint density at radius 3 is 2.60 bits per heavy atom. The summed E-state index contributed by atoms with van der Waals surface area (Å²) < 4.78 is 18.5. The zero-order chi connectivity index (χ0) is 17.6. The molecule has 1 heterocycles. The van der Waals surface area contributed by atoms with Gasteiger partial charge in [-0.2, -0.15) is 0 Å². The minimum atomic E-state index is -0.323. The van der Waals surface area contributed by atoms with Gasteiger partial charge in [0.05, 0.1) is 5.02 Å². The second kappa shape index (κ2) is 7.77. The van der Waals surface area contributed by atoms with Gasteiger partial charge in [-0.1, -0.05) is 29.8 Å². The maximum atomic E-state index is 12.9. The number of benzene rings is 2. The lowest BCUT2D eigenvalue weighted by Gasteiger charge is -2.10. The van der Waals surface area contributed by atoms with Crippen LogP contribution in [-0.2, 0) is 6.61 Å². The van der Waals surface area contributed by atoms with E-state index in [1.54, 1.807) is 54.7 Å². The van der Waals surface area contributed by atoms with Crippen LogP contribution in [0.3, 0.4) is 0 Å². The van der Waals surface area contributed by atoms with Crippen LogP contribution >= 0.6 is 11.6 Å². The van der Waals surface area contributed by atoms with Crippen molar-refractivity contribution < 1.29 is 13.9 Å². The molecule has 1 aromatic heterocycles. The summed E-state index contributed by atoms with van der Waals surface area (Å²) >= 11 is 6.20. The van der Waals surface area contributed by atoms with E-state index in [1.165, 1.54) is 12.1 Å². The molecule has 3 rings (SSSR count). The predicted molar refractivity (Wildman–Crippen MR) is 94.4 cm³/mol. The highest BCUT2D eigenvalue weighted by molar-refractivity contribution is 6.32. The van der Waals surface area contributed by atoms with E-state index in [2.05, 4.69) is 10.3 Å². The number of amides is 1. The molecule has 0 aliphatic rings. The fraction of sp³-hybridized carbons (Fsp3) is 0.0526. The van der Waals surface area contributed by atoms with Crippen LogP contribution in [0.15, 0.2) is 66.9 Å². The number of aromatic nitrogens is 1. The van der Waals surface area contributed by atoms with Gasteiger partial charge in [-0.3, -0.25) is 9.78 Å². The summed E-state index contributed by atoms with van der Waals surface area (Å²) in [4.78, 5) is 16.1. The van der Waals surface area contributed by atoms with Gasteiger partial charge in [0, 0.05) is 11.9 Å². The van der Waals surface area contributed by atoms with Crippen molar-refractivity contribution in [3.8, 4) is 5.75 Å². The van der Waals surface area contributed by atoms with Gasteiger partial charge >= 0.3 is 0 Å². The van der Waals surface area contributed by atoms with E-state index in [4.69, 9.17) is 16.3 Å². The van der Waals surface area contributed by atoms with E-state index in [1.807, 2.05) is 0 Å². The summed E-state index contributed by atoms with van der Waals surface area (Å²) in [5, 5.41) is 3.09. The van der Waals surface area contributed by atoms with Gasteiger partial charge < -0.3 is 10.1 Å². The van der Waals surface area contributed by atoms with Gasteiger partial charge in [0.15, 0.2) is 0 Å². The van der Waals surface area contributed by atoms with Gasteiger partial charge in [-0.15, -0.1) is 0 Å². The molecule has 25 heavy (non-hydrogen) atoms. The third-order valence-corrected chi connectivity index (χ3v) is 3.69. The number of ether oxygens (including phenoxy) is 1. The SMILES string of the molecule is O=C(Nc1ccc(OCc2ccc(F)cc2)c(Cl)c1)c1ccccn1. The van der Waals surface area contributed by atoms with Crippen molar-refractivity contribution in [2.75, 3.05) is 5.32 Å². The van der Waals surface area contributed by atoms with Gasteiger partial charge in [0.1, 0.15) is 23.9 Å². The zero-order valence-electron chi connectivity index (χ0n) is 13.1. The number of nitrogens with one attached hydrogen (secondary N) is 1. The number of rotatable bonds is 5. The smallest absolute Gasteiger partial charge is 0.274 e. The molecular formula is C19H14ClFN2O2. The molecule has 4 nitrogen and oxygen atoms in total. The first kappa shape index (κ1) is 16.9. The molecule has 2 aromatic carbocycles. The maximum Gasteiger partial charge on any atom is 0.274 e. The van der Waals surface area contributed by atoms with E-state index in [-0.39, 0.29) is 18.3 Å². The number of halogens is 2. The molecule has 1 N–H and O–H groups in total. The molecule has 0 fully saturated rings. The Morgan fingerprint density at radius 2 is 1.92 bits per heavy atom. The number of hydrogen-bond donors (Lipinski definition) is 1.